The number of furan rings is 1. The van der Waals surface area contributed by atoms with E-state index in [0.717, 1.165) is 0 Å². The SMILES string of the molecule is O=C(O)C[C@H](NC(=O)c1ccc(COc2ccccc2)o1)C(=O)O. The Labute approximate surface area is 136 Å². The molecule has 0 bridgehead atoms. The molecule has 0 aliphatic heterocycles. The molecule has 0 unspecified atom stereocenters. The van der Waals surface area contributed by atoms with Crippen molar-refractivity contribution >= 4 is 17.8 Å². The van der Waals surface area contributed by atoms with Crippen molar-refractivity contribution in [2.75, 3.05) is 0 Å². The fourth-order valence-electron chi connectivity index (χ4n) is 1.85. The number of carboxylic acid groups (broad SMARTS) is 2. The Hall–Kier alpha value is -3.29. The van der Waals surface area contributed by atoms with Crippen molar-refractivity contribution in [3.05, 3.63) is 54.0 Å². The molecule has 1 aromatic heterocycles. The van der Waals surface area contributed by atoms with E-state index in [9.17, 15) is 14.4 Å². The Bertz CT molecular complexity index is 723. The van der Waals surface area contributed by atoms with Crippen molar-refractivity contribution in [1.82, 2.24) is 5.32 Å². The predicted molar refractivity (Wildman–Crippen MR) is 80.6 cm³/mol. The van der Waals surface area contributed by atoms with Gasteiger partial charge in [-0.05, 0) is 24.3 Å². The normalized spacial score (nSPS) is 11.5. The lowest BCUT2D eigenvalue weighted by Crippen LogP contribution is -2.42. The number of rotatable bonds is 8. The number of hydrogen-bond acceptors (Lipinski definition) is 5. The van der Waals surface area contributed by atoms with Crippen LogP contribution in [-0.4, -0.2) is 34.1 Å². The number of carboxylic acids is 2. The van der Waals surface area contributed by atoms with Crippen molar-refractivity contribution in [3.8, 4) is 5.75 Å². The molecular weight excluding hydrogens is 318 g/mol. The molecular formula is C16H15NO7. The molecule has 0 fully saturated rings. The van der Waals surface area contributed by atoms with Crippen molar-refractivity contribution in [1.29, 1.82) is 0 Å². The zero-order valence-corrected chi connectivity index (χ0v) is 12.5. The van der Waals surface area contributed by atoms with E-state index in [0.29, 0.717) is 11.5 Å². The number of carbonyl (C=O) groups is 3. The van der Waals surface area contributed by atoms with Gasteiger partial charge in [-0.25, -0.2) is 4.79 Å². The summed E-state index contributed by atoms with van der Waals surface area (Å²) in [5, 5.41) is 19.6. The first-order chi connectivity index (χ1) is 11.5. The molecule has 0 aliphatic carbocycles. The van der Waals surface area contributed by atoms with E-state index in [4.69, 9.17) is 19.4 Å². The second-order valence-corrected chi connectivity index (χ2v) is 4.83. The lowest BCUT2D eigenvalue weighted by atomic mass is 10.2. The first kappa shape index (κ1) is 17.1. The molecule has 3 N–H and O–H groups in total. The van der Waals surface area contributed by atoms with Gasteiger partial charge in [0.1, 0.15) is 24.2 Å². The molecule has 24 heavy (non-hydrogen) atoms. The van der Waals surface area contributed by atoms with Crippen LogP contribution in [-0.2, 0) is 16.2 Å². The highest BCUT2D eigenvalue weighted by Gasteiger charge is 2.24. The molecule has 1 aromatic carbocycles. The molecule has 8 heteroatoms. The van der Waals surface area contributed by atoms with E-state index in [1.807, 2.05) is 18.2 Å². The summed E-state index contributed by atoms with van der Waals surface area (Å²) >= 11 is 0. The third-order valence-electron chi connectivity index (χ3n) is 2.99. The minimum atomic E-state index is -1.54. The van der Waals surface area contributed by atoms with E-state index in [2.05, 4.69) is 5.32 Å². The lowest BCUT2D eigenvalue weighted by molar-refractivity contribution is -0.145. The highest BCUT2D eigenvalue weighted by atomic mass is 16.5. The second kappa shape index (κ2) is 7.82. The van der Waals surface area contributed by atoms with Gasteiger partial charge in [0.25, 0.3) is 5.91 Å². The monoisotopic (exact) mass is 333 g/mol. The van der Waals surface area contributed by atoms with Gasteiger partial charge in [0.15, 0.2) is 5.76 Å². The van der Waals surface area contributed by atoms with Gasteiger partial charge in [-0.3, -0.25) is 9.59 Å². The van der Waals surface area contributed by atoms with Gasteiger partial charge >= 0.3 is 11.9 Å². The highest BCUT2D eigenvalue weighted by Crippen LogP contribution is 2.14. The summed E-state index contributed by atoms with van der Waals surface area (Å²) < 4.78 is 10.7. The molecule has 0 saturated carbocycles. The maximum Gasteiger partial charge on any atom is 0.326 e. The van der Waals surface area contributed by atoms with Gasteiger partial charge in [-0.15, -0.1) is 0 Å². The third kappa shape index (κ3) is 4.87. The van der Waals surface area contributed by atoms with Gasteiger partial charge < -0.3 is 24.7 Å². The molecule has 2 aromatic rings. The maximum absolute atomic E-state index is 11.9. The zero-order chi connectivity index (χ0) is 17.5. The van der Waals surface area contributed by atoms with Crippen LogP contribution in [0.3, 0.4) is 0 Å². The standard InChI is InChI=1S/C16H15NO7/c18-14(19)8-12(16(21)22)17-15(20)13-7-6-11(24-13)9-23-10-4-2-1-3-5-10/h1-7,12H,8-9H2,(H,17,20)(H,18,19)(H,21,22)/t12-/m0/s1. The average molecular weight is 333 g/mol. The number of aliphatic carboxylic acids is 2. The second-order valence-electron chi connectivity index (χ2n) is 4.83. The van der Waals surface area contributed by atoms with Crippen molar-refractivity contribution in [2.45, 2.75) is 19.1 Å². The van der Waals surface area contributed by atoms with Gasteiger partial charge in [0.05, 0.1) is 6.42 Å². The number of ether oxygens (including phenoxy) is 1. The number of carbonyl (C=O) groups excluding carboxylic acids is 1. The molecule has 0 aliphatic rings. The smallest absolute Gasteiger partial charge is 0.326 e. The predicted octanol–water partition coefficient (Wildman–Crippen LogP) is 1.52. The van der Waals surface area contributed by atoms with Crippen LogP contribution in [0.2, 0.25) is 0 Å². The third-order valence-corrected chi connectivity index (χ3v) is 2.99. The summed E-state index contributed by atoms with van der Waals surface area (Å²) in [6.07, 6.45) is -0.730. The summed E-state index contributed by atoms with van der Waals surface area (Å²) in [5.74, 6) is -2.71. The Morgan fingerprint density at radius 1 is 1.08 bits per heavy atom. The maximum atomic E-state index is 11.9. The highest BCUT2D eigenvalue weighted by molar-refractivity contribution is 5.95. The number of benzene rings is 1. The van der Waals surface area contributed by atoms with E-state index in [1.54, 1.807) is 12.1 Å². The van der Waals surface area contributed by atoms with E-state index >= 15 is 0 Å². The van der Waals surface area contributed by atoms with E-state index < -0.39 is 30.3 Å². The van der Waals surface area contributed by atoms with Crippen LogP contribution in [0.25, 0.3) is 0 Å². The molecule has 1 amide bonds. The molecule has 8 nitrogen and oxygen atoms in total. The molecule has 0 spiro atoms. The number of nitrogens with one attached hydrogen (secondary N) is 1. The molecule has 126 valence electrons. The van der Waals surface area contributed by atoms with Crippen LogP contribution in [0.5, 0.6) is 5.75 Å². The summed E-state index contributed by atoms with van der Waals surface area (Å²) in [5.41, 5.74) is 0. The van der Waals surface area contributed by atoms with Gasteiger partial charge in [0.2, 0.25) is 0 Å². The summed E-state index contributed by atoms with van der Waals surface area (Å²) in [7, 11) is 0. The fourth-order valence-corrected chi connectivity index (χ4v) is 1.85. The minimum Gasteiger partial charge on any atom is -0.486 e. The average Bonchev–Trinajstić information content (AvgIpc) is 3.02. The van der Waals surface area contributed by atoms with Crippen molar-refractivity contribution in [3.63, 3.8) is 0 Å². The lowest BCUT2D eigenvalue weighted by Gasteiger charge is -2.10. The van der Waals surface area contributed by atoms with E-state index in [-0.39, 0.29) is 12.4 Å². The van der Waals surface area contributed by atoms with Crippen molar-refractivity contribution < 1.29 is 33.8 Å². The molecule has 1 heterocycles. The zero-order valence-electron chi connectivity index (χ0n) is 12.5. The van der Waals surface area contributed by atoms with Crippen LogP contribution in [0, 0.1) is 0 Å². The number of para-hydroxylation sites is 1. The summed E-state index contributed by atoms with van der Waals surface area (Å²) in [4.78, 5) is 33.5. The van der Waals surface area contributed by atoms with Crippen LogP contribution in [0.15, 0.2) is 46.9 Å². The Balaban J connectivity index is 1.95. The largest absolute Gasteiger partial charge is 0.486 e. The molecule has 2 rings (SSSR count). The van der Waals surface area contributed by atoms with Crippen LogP contribution < -0.4 is 10.1 Å². The van der Waals surface area contributed by atoms with Crippen LogP contribution in [0.4, 0.5) is 0 Å². The topological polar surface area (TPSA) is 126 Å². The number of hydrogen-bond donors (Lipinski definition) is 3. The van der Waals surface area contributed by atoms with Crippen molar-refractivity contribution in [2.24, 2.45) is 0 Å². The Kier molecular flexibility index (Phi) is 5.56. The minimum absolute atomic E-state index is 0.0920. The van der Waals surface area contributed by atoms with Gasteiger partial charge in [0, 0.05) is 0 Å². The van der Waals surface area contributed by atoms with E-state index in [1.165, 1.54) is 12.1 Å². The van der Waals surface area contributed by atoms with Crippen LogP contribution >= 0.6 is 0 Å². The van der Waals surface area contributed by atoms with Crippen LogP contribution in [0.1, 0.15) is 22.7 Å². The molecule has 1 atom stereocenters. The quantitative estimate of drug-likeness (QED) is 0.668. The number of amides is 1. The molecule has 0 saturated heterocycles. The van der Waals surface area contributed by atoms with Gasteiger partial charge in [-0.2, -0.15) is 0 Å². The summed E-state index contributed by atoms with van der Waals surface area (Å²) in [6, 6.07) is 10.3. The Morgan fingerprint density at radius 3 is 2.42 bits per heavy atom. The first-order valence-electron chi connectivity index (χ1n) is 6.97. The fraction of sp³-hybridized carbons (Fsp3) is 0.188. The summed E-state index contributed by atoms with van der Waals surface area (Å²) in [6.45, 7) is 0.0920. The van der Waals surface area contributed by atoms with Gasteiger partial charge in [-0.1, -0.05) is 18.2 Å². The first-order valence-corrected chi connectivity index (χ1v) is 6.97. The molecule has 0 radical (unpaired) electrons. The Morgan fingerprint density at radius 2 is 1.79 bits per heavy atom.